The van der Waals surface area contributed by atoms with Gasteiger partial charge in [-0.05, 0) is 29.3 Å². The lowest BCUT2D eigenvalue weighted by Gasteiger charge is -2.12. The maximum Gasteiger partial charge on any atom is 0.142 e. The molecule has 1 nitrogen and oxygen atoms in total. The number of hydrogen-bond acceptors (Lipinski definition) is 1. The van der Waals surface area contributed by atoms with Crippen LogP contribution in [0.3, 0.4) is 0 Å². The van der Waals surface area contributed by atoms with Crippen molar-refractivity contribution in [2.45, 2.75) is 12.5 Å². The fourth-order valence-electron chi connectivity index (χ4n) is 1.75. The Balaban J connectivity index is 2.21. The van der Waals surface area contributed by atoms with Gasteiger partial charge in [0.15, 0.2) is 0 Å². The van der Waals surface area contributed by atoms with Crippen LogP contribution in [0.4, 0.5) is 4.39 Å². The summed E-state index contributed by atoms with van der Waals surface area (Å²) in [4.78, 5) is 0. The maximum absolute atomic E-state index is 13.3. The second-order valence-corrected chi connectivity index (χ2v) is 5.28. The van der Waals surface area contributed by atoms with Gasteiger partial charge in [-0.1, -0.05) is 51.8 Å². The summed E-state index contributed by atoms with van der Waals surface area (Å²) in [5.74, 6) is -0.462. The van der Waals surface area contributed by atoms with Gasteiger partial charge in [-0.2, -0.15) is 0 Å². The van der Waals surface area contributed by atoms with E-state index in [0.717, 1.165) is 10.0 Å². The molecule has 1 unspecified atom stereocenters. The zero-order valence-corrected chi connectivity index (χ0v) is 11.7. The van der Waals surface area contributed by atoms with Gasteiger partial charge < -0.3 is 5.11 Å². The molecule has 18 heavy (non-hydrogen) atoms. The fourth-order valence-corrected chi connectivity index (χ4v) is 2.37. The Morgan fingerprint density at radius 3 is 2.67 bits per heavy atom. The average molecular weight is 330 g/mol. The second-order valence-electron chi connectivity index (χ2n) is 3.99. The minimum atomic E-state index is -0.707. The first-order chi connectivity index (χ1) is 8.58. The van der Waals surface area contributed by atoms with E-state index in [2.05, 4.69) is 15.9 Å². The predicted molar refractivity (Wildman–Crippen MR) is 74.2 cm³/mol. The molecule has 0 aromatic heterocycles. The number of halogens is 3. The number of aliphatic hydroxyl groups is 1. The lowest BCUT2D eigenvalue weighted by atomic mass is 10.0. The van der Waals surface area contributed by atoms with Gasteiger partial charge in [0.05, 0.1) is 11.1 Å². The highest BCUT2D eigenvalue weighted by Gasteiger charge is 2.13. The lowest BCUT2D eigenvalue weighted by molar-refractivity contribution is 0.178. The highest BCUT2D eigenvalue weighted by atomic mass is 79.9. The van der Waals surface area contributed by atoms with Crippen LogP contribution in [0.5, 0.6) is 0 Å². The van der Waals surface area contributed by atoms with Gasteiger partial charge in [-0.25, -0.2) is 4.39 Å². The molecule has 2 aromatic rings. The van der Waals surface area contributed by atoms with Crippen molar-refractivity contribution in [3.05, 3.63) is 68.9 Å². The van der Waals surface area contributed by atoms with Crippen molar-refractivity contribution in [2.75, 3.05) is 0 Å². The Bertz CT molecular complexity index is 559. The Hall–Kier alpha value is -0.900. The third kappa shape index (κ3) is 3.10. The van der Waals surface area contributed by atoms with E-state index in [1.165, 1.54) is 6.07 Å². The van der Waals surface area contributed by atoms with Crippen LogP contribution in [0.15, 0.2) is 46.9 Å². The van der Waals surface area contributed by atoms with E-state index < -0.39 is 11.9 Å². The first kappa shape index (κ1) is 13.5. The molecule has 4 heteroatoms. The van der Waals surface area contributed by atoms with Crippen molar-refractivity contribution in [3.8, 4) is 0 Å². The van der Waals surface area contributed by atoms with Crippen LogP contribution in [0.2, 0.25) is 5.02 Å². The molecule has 0 aliphatic rings. The summed E-state index contributed by atoms with van der Waals surface area (Å²) in [6, 6.07) is 12.0. The van der Waals surface area contributed by atoms with E-state index in [-0.39, 0.29) is 11.4 Å². The van der Waals surface area contributed by atoms with Crippen molar-refractivity contribution in [1.29, 1.82) is 0 Å². The third-order valence-electron chi connectivity index (χ3n) is 2.68. The summed E-state index contributed by atoms with van der Waals surface area (Å²) >= 11 is 9.21. The highest BCUT2D eigenvalue weighted by molar-refractivity contribution is 9.10. The Labute approximate surface area is 118 Å². The zero-order chi connectivity index (χ0) is 13.1. The molecule has 0 heterocycles. The largest absolute Gasteiger partial charge is 0.388 e. The van der Waals surface area contributed by atoms with Gasteiger partial charge in [-0.15, -0.1) is 0 Å². The van der Waals surface area contributed by atoms with E-state index in [0.29, 0.717) is 5.56 Å². The van der Waals surface area contributed by atoms with Crippen molar-refractivity contribution in [2.24, 2.45) is 0 Å². The maximum atomic E-state index is 13.3. The summed E-state index contributed by atoms with van der Waals surface area (Å²) in [5, 5.41) is 10.2. The molecular formula is C14H11BrClFO. The summed E-state index contributed by atoms with van der Waals surface area (Å²) in [5.41, 5.74) is 1.37. The van der Waals surface area contributed by atoms with Crippen LogP contribution >= 0.6 is 27.5 Å². The van der Waals surface area contributed by atoms with E-state index >= 15 is 0 Å². The topological polar surface area (TPSA) is 20.2 Å². The zero-order valence-electron chi connectivity index (χ0n) is 9.41. The molecule has 0 saturated heterocycles. The summed E-state index contributed by atoms with van der Waals surface area (Å²) < 4.78 is 14.2. The minimum Gasteiger partial charge on any atom is -0.388 e. The number of hydrogen-bond donors (Lipinski definition) is 1. The first-order valence-electron chi connectivity index (χ1n) is 5.44. The molecule has 2 aromatic carbocycles. The number of aliphatic hydroxyl groups excluding tert-OH is 1. The Morgan fingerprint density at radius 1 is 1.22 bits per heavy atom. The molecule has 1 N–H and O–H groups in total. The first-order valence-corrected chi connectivity index (χ1v) is 6.61. The molecule has 0 amide bonds. The van der Waals surface area contributed by atoms with Gasteiger partial charge in [0.1, 0.15) is 5.82 Å². The molecule has 2 rings (SSSR count). The van der Waals surface area contributed by atoms with Crippen molar-refractivity contribution < 1.29 is 9.50 Å². The van der Waals surface area contributed by atoms with Crippen molar-refractivity contribution >= 4 is 27.5 Å². The summed E-state index contributed by atoms with van der Waals surface area (Å²) in [6.45, 7) is 0. The average Bonchev–Trinajstić information content (AvgIpc) is 2.35. The van der Waals surface area contributed by atoms with Gasteiger partial charge in [0, 0.05) is 10.9 Å². The van der Waals surface area contributed by atoms with Gasteiger partial charge in [0.25, 0.3) is 0 Å². The fraction of sp³-hybridized carbons (Fsp3) is 0.143. The van der Waals surface area contributed by atoms with Crippen LogP contribution < -0.4 is 0 Å². The molecule has 0 aliphatic carbocycles. The molecule has 0 fully saturated rings. The van der Waals surface area contributed by atoms with Gasteiger partial charge in [-0.3, -0.25) is 0 Å². The standard InChI is InChI=1S/C14H11BrClFO/c15-11-5-1-3-9(7-11)13(18)8-10-4-2-6-12(17)14(10)16/h1-7,13,18H,8H2. The molecule has 0 aliphatic heterocycles. The second kappa shape index (κ2) is 5.83. The smallest absolute Gasteiger partial charge is 0.142 e. The minimum absolute atomic E-state index is 0.0755. The highest BCUT2D eigenvalue weighted by Crippen LogP contribution is 2.26. The lowest BCUT2D eigenvalue weighted by Crippen LogP contribution is -2.02. The molecular weight excluding hydrogens is 319 g/mol. The summed E-state index contributed by atoms with van der Waals surface area (Å²) in [6.07, 6.45) is -0.422. The molecule has 0 radical (unpaired) electrons. The number of benzene rings is 2. The molecule has 1 atom stereocenters. The van der Waals surface area contributed by atoms with Gasteiger partial charge in [0.2, 0.25) is 0 Å². The SMILES string of the molecule is OC(Cc1cccc(F)c1Cl)c1cccc(Br)c1. The molecule has 0 bridgehead atoms. The van der Waals surface area contributed by atoms with E-state index in [9.17, 15) is 9.50 Å². The quantitative estimate of drug-likeness (QED) is 0.878. The Morgan fingerprint density at radius 2 is 1.94 bits per heavy atom. The number of rotatable bonds is 3. The Kier molecular flexibility index (Phi) is 4.38. The normalized spacial score (nSPS) is 12.4. The van der Waals surface area contributed by atoms with Crippen LogP contribution in [0.25, 0.3) is 0 Å². The third-order valence-corrected chi connectivity index (χ3v) is 3.59. The molecule has 0 saturated carbocycles. The van der Waals surface area contributed by atoms with Crippen molar-refractivity contribution in [3.63, 3.8) is 0 Å². The van der Waals surface area contributed by atoms with Crippen LogP contribution in [-0.2, 0) is 6.42 Å². The molecule has 94 valence electrons. The van der Waals surface area contributed by atoms with E-state index in [4.69, 9.17) is 11.6 Å². The monoisotopic (exact) mass is 328 g/mol. The predicted octanol–water partition coefficient (Wildman–Crippen LogP) is 4.52. The van der Waals surface area contributed by atoms with Crippen LogP contribution in [-0.4, -0.2) is 5.11 Å². The van der Waals surface area contributed by atoms with E-state index in [1.54, 1.807) is 12.1 Å². The van der Waals surface area contributed by atoms with E-state index in [1.807, 2.05) is 24.3 Å². The van der Waals surface area contributed by atoms with Crippen molar-refractivity contribution in [1.82, 2.24) is 0 Å². The van der Waals surface area contributed by atoms with Crippen LogP contribution in [0.1, 0.15) is 17.2 Å². The van der Waals surface area contributed by atoms with Crippen LogP contribution in [0, 0.1) is 5.82 Å². The van der Waals surface area contributed by atoms with Gasteiger partial charge >= 0.3 is 0 Å². The summed E-state index contributed by atoms with van der Waals surface area (Å²) in [7, 11) is 0. The molecule has 0 spiro atoms.